The topological polar surface area (TPSA) is 120 Å². The fraction of sp³-hybridized carbons (Fsp3) is 0.294. The summed E-state index contributed by atoms with van der Waals surface area (Å²) in [4.78, 5) is 21.1. The van der Waals surface area contributed by atoms with Crippen LogP contribution in [0.1, 0.15) is 24.4 Å². The second kappa shape index (κ2) is 5.34. The molecule has 0 bridgehead atoms. The first kappa shape index (κ1) is 16.6. The molecule has 1 aliphatic rings. The average molecular weight is 371 g/mol. The molecule has 1 fully saturated rings. The first-order valence-corrected chi connectivity index (χ1v) is 9.95. The van der Waals surface area contributed by atoms with Crippen LogP contribution < -0.4 is 5.73 Å². The van der Waals surface area contributed by atoms with Gasteiger partial charge in [-0.15, -0.1) is 5.10 Å². The number of carbonyl (C=O) groups is 1. The summed E-state index contributed by atoms with van der Waals surface area (Å²) in [5, 5.41) is 4.36. The van der Waals surface area contributed by atoms with E-state index >= 15 is 0 Å². The number of amides is 1. The van der Waals surface area contributed by atoms with E-state index in [2.05, 4.69) is 15.1 Å². The van der Waals surface area contributed by atoms with Crippen LogP contribution in [0.3, 0.4) is 0 Å². The second-order valence-electron chi connectivity index (χ2n) is 6.64. The quantitative estimate of drug-likeness (QED) is 0.731. The number of fused-ring (bicyclic) bond motifs is 1. The molecule has 1 aromatic carbocycles. The van der Waals surface area contributed by atoms with Crippen LogP contribution in [0.4, 0.5) is 0 Å². The van der Waals surface area contributed by atoms with Crippen LogP contribution >= 0.6 is 0 Å². The number of aryl methyl sites for hydroxylation is 1. The van der Waals surface area contributed by atoms with Crippen molar-refractivity contribution in [2.75, 3.05) is 6.26 Å². The maximum atomic E-state index is 11.9. The summed E-state index contributed by atoms with van der Waals surface area (Å²) in [5.41, 5.74) is 6.66. The number of hydrogen-bond donors (Lipinski definition) is 1. The Labute approximate surface area is 150 Å². The van der Waals surface area contributed by atoms with Gasteiger partial charge in [-0.2, -0.15) is 4.52 Å². The van der Waals surface area contributed by atoms with Crippen molar-refractivity contribution >= 4 is 21.4 Å². The van der Waals surface area contributed by atoms with Gasteiger partial charge in [0.25, 0.3) is 0 Å². The number of nitrogens with zero attached hydrogens (tertiary/aromatic N) is 4. The molecule has 2 N–H and O–H groups in total. The Morgan fingerprint density at radius 1 is 1.19 bits per heavy atom. The summed E-state index contributed by atoms with van der Waals surface area (Å²) in [7, 11) is -3.29. The lowest BCUT2D eigenvalue weighted by Gasteiger charge is -2.13. The minimum Gasteiger partial charge on any atom is -0.369 e. The molecule has 9 heteroatoms. The van der Waals surface area contributed by atoms with Crippen LogP contribution in [-0.4, -0.2) is 40.2 Å². The number of hydrogen-bond acceptors (Lipinski definition) is 6. The number of nitrogens with two attached hydrogens (primary N) is 1. The molecule has 0 atom stereocenters. The number of primary amides is 1. The van der Waals surface area contributed by atoms with E-state index in [1.54, 1.807) is 29.6 Å². The van der Waals surface area contributed by atoms with Gasteiger partial charge in [0.1, 0.15) is 5.82 Å². The van der Waals surface area contributed by atoms with Crippen molar-refractivity contribution < 1.29 is 13.2 Å². The summed E-state index contributed by atoms with van der Waals surface area (Å²) in [6, 6.07) is 8.13. The third-order valence-electron chi connectivity index (χ3n) is 4.68. The molecule has 0 unspecified atom stereocenters. The van der Waals surface area contributed by atoms with E-state index in [4.69, 9.17) is 5.73 Å². The van der Waals surface area contributed by atoms with Crippen LogP contribution in [-0.2, 0) is 20.0 Å². The Balaban J connectivity index is 1.92. The Bertz CT molecular complexity index is 1150. The van der Waals surface area contributed by atoms with Gasteiger partial charge in [0.2, 0.25) is 5.91 Å². The highest BCUT2D eigenvalue weighted by Crippen LogP contribution is 2.47. The van der Waals surface area contributed by atoms with Crippen molar-refractivity contribution in [2.24, 2.45) is 5.73 Å². The first-order valence-electron chi connectivity index (χ1n) is 8.06. The maximum absolute atomic E-state index is 11.9. The molecule has 26 heavy (non-hydrogen) atoms. The van der Waals surface area contributed by atoms with Gasteiger partial charge in [-0.1, -0.05) is 0 Å². The van der Waals surface area contributed by atoms with Crippen molar-refractivity contribution in [3.63, 3.8) is 0 Å². The van der Waals surface area contributed by atoms with Crippen LogP contribution in [0.25, 0.3) is 17.0 Å². The van der Waals surface area contributed by atoms with Gasteiger partial charge in [0.15, 0.2) is 21.3 Å². The molecule has 0 radical (unpaired) electrons. The Morgan fingerprint density at radius 2 is 1.85 bits per heavy atom. The van der Waals surface area contributed by atoms with Gasteiger partial charge in [-0.25, -0.2) is 18.4 Å². The summed E-state index contributed by atoms with van der Waals surface area (Å²) < 4.78 is 24.9. The van der Waals surface area contributed by atoms with E-state index in [9.17, 15) is 13.2 Å². The lowest BCUT2D eigenvalue weighted by atomic mass is 10.0. The fourth-order valence-corrected chi connectivity index (χ4v) is 3.66. The van der Waals surface area contributed by atoms with E-state index in [0.717, 1.165) is 6.26 Å². The number of rotatable bonds is 4. The monoisotopic (exact) mass is 371 g/mol. The van der Waals surface area contributed by atoms with Crippen molar-refractivity contribution in [2.45, 2.75) is 30.1 Å². The van der Waals surface area contributed by atoms with E-state index in [1.807, 2.05) is 0 Å². The standard InChI is InChI=1S/C17H17N5O3S/c1-10-19-14-9-13(17(7-8-17)16(18)23)20-15(22(14)21-10)11-3-5-12(6-4-11)26(2,24)25/h3-6,9H,7-8H2,1-2H3,(H2,18,23). The summed E-state index contributed by atoms with van der Waals surface area (Å²) in [5.74, 6) is 0.663. The highest BCUT2D eigenvalue weighted by molar-refractivity contribution is 7.90. The van der Waals surface area contributed by atoms with Gasteiger partial charge in [-0.05, 0) is 44.0 Å². The smallest absolute Gasteiger partial charge is 0.229 e. The highest BCUT2D eigenvalue weighted by atomic mass is 32.2. The van der Waals surface area contributed by atoms with Crippen molar-refractivity contribution in [3.8, 4) is 11.4 Å². The van der Waals surface area contributed by atoms with Crippen molar-refractivity contribution in [3.05, 3.63) is 41.9 Å². The average Bonchev–Trinajstić information content (AvgIpc) is 3.30. The molecule has 2 aromatic heterocycles. The zero-order valence-corrected chi connectivity index (χ0v) is 15.1. The molecule has 0 spiro atoms. The van der Waals surface area contributed by atoms with Gasteiger partial charge in [0.05, 0.1) is 16.0 Å². The van der Waals surface area contributed by atoms with Gasteiger partial charge in [-0.3, -0.25) is 4.79 Å². The minimum atomic E-state index is -3.29. The largest absolute Gasteiger partial charge is 0.369 e. The predicted molar refractivity (Wildman–Crippen MR) is 94.2 cm³/mol. The zero-order valence-electron chi connectivity index (χ0n) is 14.3. The molecule has 1 aliphatic carbocycles. The molecular formula is C17H17N5O3S. The third-order valence-corrected chi connectivity index (χ3v) is 5.81. The lowest BCUT2D eigenvalue weighted by molar-refractivity contribution is -0.120. The lowest BCUT2D eigenvalue weighted by Crippen LogP contribution is -2.29. The summed E-state index contributed by atoms with van der Waals surface area (Å²) in [6.07, 6.45) is 2.47. The van der Waals surface area contributed by atoms with Crippen molar-refractivity contribution in [1.29, 1.82) is 0 Å². The van der Waals surface area contributed by atoms with Gasteiger partial charge in [0, 0.05) is 17.9 Å². The molecule has 4 rings (SSSR count). The van der Waals surface area contributed by atoms with E-state index in [-0.39, 0.29) is 4.90 Å². The Kier molecular flexibility index (Phi) is 3.42. The van der Waals surface area contributed by atoms with Gasteiger partial charge < -0.3 is 5.73 Å². The molecule has 1 saturated carbocycles. The van der Waals surface area contributed by atoms with Crippen molar-refractivity contribution in [1.82, 2.24) is 19.6 Å². The van der Waals surface area contributed by atoms with Crippen LogP contribution in [0, 0.1) is 6.92 Å². The van der Waals surface area contributed by atoms with Crippen LogP contribution in [0.15, 0.2) is 35.2 Å². The number of benzene rings is 1. The fourth-order valence-electron chi connectivity index (χ4n) is 3.03. The Hall–Kier alpha value is -2.81. The molecule has 0 aliphatic heterocycles. The highest BCUT2D eigenvalue weighted by Gasteiger charge is 2.51. The second-order valence-corrected chi connectivity index (χ2v) is 8.65. The van der Waals surface area contributed by atoms with E-state index in [1.165, 1.54) is 12.1 Å². The first-order chi connectivity index (χ1) is 12.2. The zero-order chi connectivity index (χ0) is 18.7. The molecule has 8 nitrogen and oxygen atoms in total. The maximum Gasteiger partial charge on any atom is 0.229 e. The molecule has 1 amide bonds. The van der Waals surface area contributed by atoms with E-state index in [0.29, 0.717) is 41.4 Å². The number of carbonyl (C=O) groups excluding carboxylic acids is 1. The summed E-state index contributed by atoms with van der Waals surface area (Å²) in [6.45, 7) is 1.77. The van der Waals surface area contributed by atoms with Crippen LogP contribution in [0.2, 0.25) is 0 Å². The summed E-state index contributed by atoms with van der Waals surface area (Å²) >= 11 is 0. The SMILES string of the molecule is Cc1nc2cc(C3(C(N)=O)CC3)nc(-c3ccc(S(C)(=O)=O)cc3)n2n1. The molecule has 0 saturated heterocycles. The van der Waals surface area contributed by atoms with E-state index < -0.39 is 21.2 Å². The molecule has 134 valence electrons. The van der Waals surface area contributed by atoms with Crippen LogP contribution in [0.5, 0.6) is 0 Å². The Morgan fingerprint density at radius 3 is 2.38 bits per heavy atom. The normalized spacial score (nSPS) is 15.9. The molecule has 2 heterocycles. The third kappa shape index (κ3) is 2.55. The van der Waals surface area contributed by atoms with Gasteiger partial charge >= 0.3 is 0 Å². The number of aromatic nitrogens is 4. The molecule has 3 aromatic rings. The number of sulfone groups is 1. The molecular weight excluding hydrogens is 354 g/mol. The minimum absolute atomic E-state index is 0.221. The predicted octanol–water partition coefficient (Wildman–Crippen LogP) is 1.02.